The van der Waals surface area contributed by atoms with Crippen molar-refractivity contribution in [3.05, 3.63) is 42.2 Å². The van der Waals surface area contributed by atoms with Crippen molar-refractivity contribution in [2.24, 2.45) is 5.92 Å². The van der Waals surface area contributed by atoms with Crippen molar-refractivity contribution in [3.63, 3.8) is 0 Å². The van der Waals surface area contributed by atoms with E-state index in [0.29, 0.717) is 25.3 Å². The lowest BCUT2D eigenvalue weighted by Gasteiger charge is -2.13. The van der Waals surface area contributed by atoms with Crippen molar-refractivity contribution >= 4 is 6.03 Å². The van der Waals surface area contributed by atoms with Gasteiger partial charge in [-0.05, 0) is 37.1 Å². The lowest BCUT2D eigenvalue weighted by Crippen LogP contribution is -2.41. The largest absolute Gasteiger partial charge is 0.494 e. The van der Waals surface area contributed by atoms with Gasteiger partial charge in [0.25, 0.3) is 0 Å². The maximum atomic E-state index is 12.7. The van der Waals surface area contributed by atoms with E-state index in [2.05, 4.69) is 10.6 Å². The second kappa shape index (κ2) is 8.38. The molecule has 0 saturated heterocycles. The monoisotopic (exact) mass is 308 g/mol. The van der Waals surface area contributed by atoms with Crippen LogP contribution in [0.4, 0.5) is 9.18 Å². The molecule has 6 heteroatoms. The first-order valence-electron chi connectivity index (χ1n) is 7.39. The first-order valence-corrected chi connectivity index (χ1v) is 7.39. The highest BCUT2D eigenvalue weighted by Crippen LogP contribution is 2.16. The molecule has 0 bridgehead atoms. The van der Waals surface area contributed by atoms with Crippen LogP contribution in [0.3, 0.4) is 0 Å². The Morgan fingerprint density at radius 1 is 1.32 bits per heavy atom. The number of carbonyl (C=O) groups is 1. The summed E-state index contributed by atoms with van der Waals surface area (Å²) in [4.78, 5) is 11.7. The Morgan fingerprint density at radius 3 is 2.77 bits per heavy atom. The molecule has 0 heterocycles. The number of hydrogen-bond acceptors (Lipinski definition) is 3. The highest BCUT2D eigenvalue weighted by atomic mass is 19.1. The molecule has 1 aromatic carbocycles. The Hall–Kier alpha value is -2.08. The van der Waals surface area contributed by atoms with Gasteiger partial charge in [0, 0.05) is 25.1 Å². The Morgan fingerprint density at radius 2 is 2.09 bits per heavy atom. The zero-order valence-electron chi connectivity index (χ0n) is 12.3. The van der Waals surface area contributed by atoms with Gasteiger partial charge >= 0.3 is 6.03 Å². The number of aliphatic hydroxyl groups excluding tert-OH is 1. The number of carbonyl (C=O) groups excluding carboxylic acids is 1. The first-order chi connectivity index (χ1) is 10.7. The Labute approximate surface area is 129 Å². The van der Waals surface area contributed by atoms with E-state index in [1.807, 2.05) is 12.2 Å². The molecule has 5 nitrogen and oxygen atoms in total. The maximum absolute atomic E-state index is 12.7. The SMILES string of the molecule is O=C(NCCCOc1ccc(F)cc1)N[C@@H]1C=C[C@H](CO)C1. The van der Waals surface area contributed by atoms with Crippen molar-refractivity contribution in [1.29, 1.82) is 0 Å². The summed E-state index contributed by atoms with van der Waals surface area (Å²) < 4.78 is 18.1. The fraction of sp³-hybridized carbons (Fsp3) is 0.438. The van der Waals surface area contributed by atoms with E-state index in [0.717, 1.165) is 6.42 Å². The molecule has 0 unspecified atom stereocenters. The third-order valence-electron chi connectivity index (χ3n) is 3.41. The van der Waals surface area contributed by atoms with Crippen molar-refractivity contribution in [2.45, 2.75) is 18.9 Å². The van der Waals surface area contributed by atoms with Crippen molar-refractivity contribution in [3.8, 4) is 5.75 Å². The molecular formula is C16H21FN2O3. The molecule has 0 radical (unpaired) electrons. The van der Waals surface area contributed by atoms with Crippen LogP contribution in [0.15, 0.2) is 36.4 Å². The molecule has 22 heavy (non-hydrogen) atoms. The van der Waals surface area contributed by atoms with E-state index in [4.69, 9.17) is 9.84 Å². The van der Waals surface area contributed by atoms with Crippen LogP contribution < -0.4 is 15.4 Å². The third-order valence-corrected chi connectivity index (χ3v) is 3.41. The number of hydrogen-bond donors (Lipinski definition) is 3. The number of halogens is 1. The van der Waals surface area contributed by atoms with Gasteiger partial charge in [0.2, 0.25) is 0 Å². The number of ether oxygens (including phenoxy) is 1. The van der Waals surface area contributed by atoms with Crippen LogP contribution in [0.25, 0.3) is 0 Å². The van der Waals surface area contributed by atoms with Gasteiger partial charge in [-0.1, -0.05) is 12.2 Å². The molecule has 0 aliphatic heterocycles. The predicted octanol–water partition coefficient (Wildman–Crippen LogP) is 1.83. The summed E-state index contributed by atoms with van der Waals surface area (Å²) in [7, 11) is 0. The highest BCUT2D eigenvalue weighted by molar-refractivity contribution is 5.74. The molecule has 2 atom stereocenters. The van der Waals surface area contributed by atoms with Crippen LogP contribution in [0.5, 0.6) is 5.75 Å². The van der Waals surface area contributed by atoms with Gasteiger partial charge in [0.1, 0.15) is 11.6 Å². The number of nitrogens with one attached hydrogen (secondary N) is 2. The second-order valence-electron chi connectivity index (χ2n) is 5.23. The van der Waals surface area contributed by atoms with Crippen LogP contribution in [0, 0.1) is 11.7 Å². The van der Waals surface area contributed by atoms with Crippen LogP contribution in [-0.4, -0.2) is 36.9 Å². The quantitative estimate of drug-likeness (QED) is 0.531. The molecule has 0 spiro atoms. The van der Waals surface area contributed by atoms with Crippen LogP contribution in [0.2, 0.25) is 0 Å². The van der Waals surface area contributed by atoms with E-state index in [9.17, 15) is 9.18 Å². The summed E-state index contributed by atoms with van der Waals surface area (Å²) in [5.41, 5.74) is 0. The molecule has 3 N–H and O–H groups in total. The number of urea groups is 1. The fourth-order valence-electron chi connectivity index (χ4n) is 2.23. The van der Waals surface area contributed by atoms with E-state index in [1.165, 1.54) is 12.1 Å². The van der Waals surface area contributed by atoms with Crippen molar-refractivity contribution in [1.82, 2.24) is 10.6 Å². The predicted molar refractivity (Wildman–Crippen MR) is 81.2 cm³/mol. The minimum Gasteiger partial charge on any atom is -0.494 e. The number of benzene rings is 1. The second-order valence-corrected chi connectivity index (χ2v) is 5.23. The molecule has 120 valence electrons. The Kier molecular flexibility index (Phi) is 6.21. The molecule has 1 aromatic rings. The van der Waals surface area contributed by atoms with E-state index in [-0.39, 0.29) is 30.4 Å². The third kappa shape index (κ3) is 5.37. The number of rotatable bonds is 7. The Balaban J connectivity index is 1.54. The van der Waals surface area contributed by atoms with E-state index in [1.54, 1.807) is 12.1 Å². The highest BCUT2D eigenvalue weighted by Gasteiger charge is 2.19. The summed E-state index contributed by atoms with van der Waals surface area (Å²) in [6.45, 7) is 1.05. The van der Waals surface area contributed by atoms with Gasteiger partial charge < -0.3 is 20.5 Å². The standard InChI is InChI=1S/C16H21FN2O3/c17-13-3-6-15(7-4-13)22-9-1-8-18-16(21)19-14-5-2-12(10-14)11-20/h2-7,12,14,20H,1,8-11H2,(H2,18,19,21)/t12-,14+/m0/s1. The van der Waals surface area contributed by atoms with E-state index >= 15 is 0 Å². The summed E-state index contributed by atoms with van der Waals surface area (Å²) in [6.07, 6.45) is 5.21. The van der Waals surface area contributed by atoms with Crippen molar-refractivity contribution < 1.29 is 19.0 Å². The van der Waals surface area contributed by atoms with Crippen molar-refractivity contribution in [2.75, 3.05) is 19.8 Å². The lowest BCUT2D eigenvalue weighted by atomic mass is 10.1. The van der Waals surface area contributed by atoms with Gasteiger partial charge in [-0.3, -0.25) is 0 Å². The fourth-order valence-corrected chi connectivity index (χ4v) is 2.23. The van der Waals surface area contributed by atoms with Crippen LogP contribution in [0.1, 0.15) is 12.8 Å². The summed E-state index contributed by atoms with van der Waals surface area (Å²) in [6, 6.07) is 5.58. The maximum Gasteiger partial charge on any atom is 0.315 e. The normalized spacial score (nSPS) is 19.9. The minimum atomic E-state index is -0.296. The zero-order chi connectivity index (χ0) is 15.8. The molecule has 0 fully saturated rings. The Bertz CT molecular complexity index is 505. The van der Waals surface area contributed by atoms with Gasteiger partial charge in [0.05, 0.1) is 6.61 Å². The van der Waals surface area contributed by atoms with Crippen LogP contribution in [-0.2, 0) is 0 Å². The average molecular weight is 308 g/mol. The zero-order valence-corrected chi connectivity index (χ0v) is 12.3. The minimum absolute atomic E-state index is 0.0207. The molecule has 1 aliphatic carbocycles. The van der Waals surface area contributed by atoms with Gasteiger partial charge in [-0.15, -0.1) is 0 Å². The van der Waals surface area contributed by atoms with Crippen LogP contribution >= 0.6 is 0 Å². The molecule has 1 aliphatic rings. The molecule has 2 amide bonds. The summed E-state index contributed by atoms with van der Waals surface area (Å²) >= 11 is 0. The van der Waals surface area contributed by atoms with Gasteiger partial charge in [-0.2, -0.15) is 0 Å². The molecule has 2 rings (SSSR count). The molecule has 0 saturated carbocycles. The summed E-state index contributed by atoms with van der Waals surface area (Å²) in [5.74, 6) is 0.446. The topological polar surface area (TPSA) is 70.6 Å². The lowest BCUT2D eigenvalue weighted by molar-refractivity contribution is 0.230. The summed E-state index contributed by atoms with van der Waals surface area (Å²) in [5, 5.41) is 14.6. The van der Waals surface area contributed by atoms with Gasteiger partial charge in [0.15, 0.2) is 0 Å². The average Bonchev–Trinajstić information content (AvgIpc) is 2.96. The number of aliphatic hydroxyl groups is 1. The van der Waals surface area contributed by atoms with E-state index < -0.39 is 0 Å². The first kappa shape index (κ1) is 16.3. The van der Waals surface area contributed by atoms with Gasteiger partial charge in [-0.25, -0.2) is 9.18 Å². The molecule has 0 aromatic heterocycles. The number of amides is 2. The smallest absolute Gasteiger partial charge is 0.315 e. The molecular weight excluding hydrogens is 287 g/mol.